The van der Waals surface area contributed by atoms with Crippen LogP contribution in [0.3, 0.4) is 0 Å². The molecule has 0 fully saturated rings. The topological polar surface area (TPSA) is 70.6 Å². The monoisotopic (exact) mass is 436 g/mol. The highest BCUT2D eigenvalue weighted by molar-refractivity contribution is 9.10. The summed E-state index contributed by atoms with van der Waals surface area (Å²) in [6.07, 6.45) is 0. The van der Waals surface area contributed by atoms with Crippen LogP contribution in [0.2, 0.25) is 0 Å². The lowest BCUT2D eigenvalue weighted by molar-refractivity contribution is 0.0973. The van der Waals surface area contributed by atoms with Gasteiger partial charge in [-0.15, -0.1) is 0 Å². The molecule has 26 heavy (non-hydrogen) atoms. The van der Waals surface area contributed by atoms with E-state index < -0.39 is 5.91 Å². The van der Waals surface area contributed by atoms with Crippen LogP contribution < -0.4 is 15.4 Å². The first-order valence-corrected chi connectivity index (χ1v) is 9.30. The Morgan fingerprint density at radius 3 is 2.69 bits per heavy atom. The van der Waals surface area contributed by atoms with E-state index in [0.717, 1.165) is 10.0 Å². The first kappa shape index (κ1) is 20.2. The van der Waals surface area contributed by atoms with Crippen molar-refractivity contribution in [3.05, 3.63) is 52.0 Å². The number of nitrogens with one attached hydrogen (secondary N) is 2. The average molecular weight is 437 g/mol. The lowest BCUT2D eigenvalue weighted by atomic mass is 10.2. The number of aromatic hydroxyl groups is 1. The third-order valence-corrected chi connectivity index (χ3v) is 4.08. The zero-order chi connectivity index (χ0) is 19.3. The molecule has 0 aliphatic carbocycles. The first-order chi connectivity index (χ1) is 12.3. The summed E-state index contributed by atoms with van der Waals surface area (Å²) in [6, 6.07) is 10.3. The van der Waals surface area contributed by atoms with Crippen LogP contribution in [0, 0.1) is 12.8 Å². The van der Waals surface area contributed by atoms with E-state index in [1.807, 2.05) is 26.8 Å². The molecule has 5 nitrogen and oxygen atoms in total. The Bertz CT molecular complexity index is 824. The van der Waals surface area contributed by atoms with E-state index in [0.29, 0.717) is 29.5 Å². The molecule has 0 saturated carbocycles. The number of benzene rings is 2. The van der Waals surface area contributed by atoms with E-state index in [1.54, 1.807) is 30.3 Å². The molecular formula is C19H21BrN2O3S. The fraction of sp³-hybridized carbons (Fsp3) is 0.263. The Kier molecular flexibility index (Phi) is 6.99. The van der Waals surface area contributed by atoms with Gasteiger partial charge in [-0.2, -0.15) is 0 Å². The van der Waals surface area contributed by atoms with Gasteiger partial charge in [-0.05, 0) is 61.0 Å². The molecule has 7 heteroatoms. The number of hydrogen-bond acceptors (Lipinski definition) is 4. The van der Waals surface area contributed by atoms with Crippen LogP contribution in [0.5, 0.6) is 11.5 Å². The number of hydrogen-bond donors (Lipinski definition) is 3. The number of carbonyl (C=O) groups is 1. The molecule has 1 amide bonds. The van der Waals surface area contributed by atoms with Gasteiger partial charge in [-0.25, -0.2) is 0 Å². The van der Waals surface area contributed by atoms with E-state index in [2.05, 4.69) is 26.6 Å². The van der Waals surface area contributed by atoms with Crippen LogP contribution in [0.25, 0.3) is 0 Å². The fourth-order valence-corrected chi connectivity index (χ4v) is 2.70. The van der Waals surface area contributed by atoms with Gasteiger partial charge in [0.2, 0.25) is 0 Å². The van der Waals surface area contributed by atoms with Crippen LogP contribution in [0.15, 0.2) is 40.9 Å². The molecule has 0 aliphatic rings. The Morgan fingerprint density at radius 2 is 2.00 bits per heavy atom. The number of phenols is 1. The van der Waals surface area contributed by atoms with Gasteiger partial charge in [0.05, 0.1) is 17.9 Å². The second-order valence-corrected chi connectivity index (χ2v) is 7.60. The number of carbonyl (C=O) groups excluding carboxylic acids is 1. The molecule has 3 N–H and O–H groups in total. The molecular weight excluding hydrogens is 416 g/mol. The van der Waals surface area contributed by atoms with Gasteiger partial charge in [-0.1, -0.05) is 35.8 Å². The van der Waals surface area contributed by atoms with Gasteiger partial charge in [0.25, 0.3) is 5.91 Å². The maximum atomic E-state index is 12.6. The lowest BCUT2D eigenvalue weighted by Crippen LogP contribution is -2.34. The van der Waals surface area contributed by atoms with E-state index >= 15 is 0 Å². The molecule has 138 valence electrons. The highest BCUT2D eigenvalue weighted by atomic mass is 79.9. The second kappa shape index (κ2) is 9.00. The molecule has 0 spiro atoms. The molecule has 0 heterocycles. The number of anilines is 1. The summed E-state index contributed by atoms with van der Waals surface area (Å²) in [5, 5.41) is 15.4. The average Bonchev–Trinajstić information content (AvgIpc) is 2.56. The largest absolute Gasteiger partial charge is 0.506 e. The molecule has 0 aromatic heterocycles. The number of phenolic OH excluding ortho intramolecular Hbond substituents is 1. The van der Waals surface area contributed by atoms with Crippen LogP contribution in [-0.4, -0.2) is 22.7 Å². The maximum Gasteiger partial charge on any atom is 0.261 e. The summed E-state index contributed by atoms with van der Waals surface area (Å²) in [6.45, 7) is 6.46. The summed E-state index contributed by atoms with van der Waals surface area (Å²) in [4.78, 5) is 12.6. The highest BCUT2D eigenvalue weighted by Crippen LogP contribution is 2.25. The van der Waals surface area contributed by atoms with E-state index in [9.17, 15) is 9.90 Å². The van der Waals surface area contributed by atoms with Crippen molar-refractivity contribution in [1.29, 1.82) is 0 Å². The Labute approximate surface area is 166 Å². The Hall–Kier alpha value is -2.12. The van der Waals surface area contributed by atoms with E-state index in [-0.39, 0.29) is 10.9 Å². The molecule has 0 saturated heterocycles. The molecule has 2 aromatic carbocycles. The van der Waals surface area contributed by atoms with Crippen LogP contribution in [-0.2, 0) is 0 Å². The van der Waals surface area contributed by atoms with Crippen molar-refractivity contribution >= 4 is 44.9 Å². The predicted octanol–water partition coefficient (Wildman–Crippen LogP) is 4.62. The molecule has 0 unspecified atom stereocenters. The Balaban J connectivity index is 2.12. The molecule has 2 rings (SSSR count). The van der Waals surface area contributed by atoms with Gasteiger partial charge in [0.15, 0.2) is 5.11 Å². The molecule has 0 radical (unpaired) electrons. The summed E-state index contributed by atoms with van der Waals surface area (Å²) in [7, 11) is 0. The van der Waals surface area contributed by atoms with Crippen molar-refractivity contribution in [3.63, 3.8) is 0 Å². The predicted molar refractivity (Wildman–Crippen MR) is 111 cm³/mol. The van der Waals surface area contributed by atoms with E-state index in [4.69, 9.17) is 17.0 Å². The van der Waals surface area contributed by atoms with Gasteiger partial charge < -0.3 is 15.2 Å². The normalized spacial score (nSPS) is 10.5. The van der Waals surface area contributed by atoms with E-state index in [1.165, 1.54) is 0 Å². The van der Waals surface area contributed by atoms with Gasteiger partial charge in [-0.3, -0.25) is 10.1 Å². The zero-order valence-corrected chi connectivity index (χ0v) is 17.2. The maximum absolute atomic E-state index is 12.6. The van der Waals surface area contributed by atoms with Gasteiger partial charge >= 0.3 is 0 Å². The van der Waals surface area contributed by atoms with Gasteiger partial charge in [0.1, 0.15) is 11.5 Å². The number of amides is 1. The lowest BCUT2D eigenvalue weighted by Gasteiger charge is -2.15. The third-order valence-electron chi connectivity index (χ3n) is 3.39. The smallest absolute Gasteiger partial charge is 0.261 e. The molecule has 0 bridgehead atoms. The standard InChI is InChI=1S/C19H21BrN2O3S/c1-11(2)10-25-17-7-5-13(20)9-14(17)18(24)22-19(26)21-15-8-12(3)4-6-16(15)23/h4-9,11,23H,10H2,1-3H3,(H2,21,22,24,26). The number of rotatable bonds is 5. The fourth-order valence-electron chi connectivity index (χ4n) is 2.14. The van der Waals surface area contributed by atoms with Crippen molar-refractivity contribution in [2.75, 3.05) is 11.9 Å². The first-order valence-electron chi connectivity index (χ1n) is 8.10. The minimum absolute atomic E-state index is 0.0515. The number of halogens is 1. The molecule has 2 aromatic rings. The summed E-state index contributed by atoms with van der Waals surface area (Å²) in [5.41, 5.74) is 1.76. The second-order valence-electron chi connectivity index (χ2n) is 6.27. The quantitative estimate of drug-likeness (QED) is 0.470. The molecule has 0 aliphatic heterocycles. The number of ether oxygens (including phenoxy) is 1. The third kappa shape index (κ3) is 5.71. The minimum Gasteiger partial charge on any atom is -0.506 e. The van der Waals surface area contributed by atoms with Crippen LogP contribution in [0.1, 0.15) is 29.8 Å². The van der Waals surface area contributed by atoms with Crippen molar-refractivity contribution in [3.8, 4) is 11.5 Å². The minimum atomic E-state index is -0.394. The summed E-state index contributed by atoms with van der Waals surface area (Å²) >= 11 is 8.56. The van der Waals surface area contributed by atoms with Crippen LogP contribution >= 0.6 is 28.1 Å². The zero-order valence-electron chi connectivity index (χ0n) is 14.8. The highest BCUT2D eigenvalue weighted by Gasteiger charge is 2.16. The van der Waals surface area contributed by atoms with Crippen molar-refractivity contribution in [1.82, 2.24) is 5.32 Å². The molecule has 0 atom stereocenters. The number of thiocarbonyl (C=S) groups is 1. The summed E-state index contributed by atoms with van der Waals surface area (Å²) in [5.74, 6) is 0.479. The Morgan fingerprint density at radius 1 is 1.27 bits per heavy atom. The van der Waals surface area contributed by atoms with Crippen molar-refractivity contribution in [2.24, 2.45) is 5.92 Å². The summed E-state index contributed by atoms with van der Waals surface area (Å²) < 4.78 is 6.48. The SMILES string of the molecule is Cc1ccc(O)c(NC(=S)NC(=O)c2cc(Br)ccc2OCC(C)C)c1. The van der Waals surface area contributed by atoms with Crippen molar-refractivity contribution < 1.29 is 14.6 Å². The number of aryl methyl sites for hydroxylation is 1. The van der Waals surface area contributed by atoms with Crippen LogP contribution in [0.4, 0.5) is 5.69 Å². The van der Waals surface area contributed by atoms with Gasteiger partial charge in [0, 0.05) is 4.47 Å². The van der Waals surface area contributed by atoms with Crippen molar-refractivity contribution in [2.45, 2.75) is 20.8 Å².